The number of benzene rings is 1. The molecular weight excluding hydrogens is 344 g/mol. The second-order valence-electron chi connectivity index (χ2n) is 4.03. The molecule has 1 rings (SSSR count). The van der Waals surface area contributed by atoms with Crippen LogP contribution >= 0.6 is 15.9 Å². The molecule has 0 amide bonds. The van der Waals surface area contributed by atoms with Crippen molar-refractivity contribution in [2.24, 2.45) is 0 Å². The Hall–Kier alpha value is -1.44. The zero-order chi connectivity index (χ0) is 15.7. The predicted octanol–water partition coefficient (Wildman–Crippen LogP) is 1.98. The minimum Gasteiger partial charge on any atom is -0.469 e. The summed E-state index contributed by atoms with van der Waals surface area (Å²) >= 11 is 3.32. The van der Waals surface area contributed by atoms with E-state index in [9.17, 15) is 9.59 Å². The summed E-state index contributed by atoms with van der Waals surface area (Å²) in [4.78, 5) is 22.4. The summed E-state index contributed by atoms with van der Waals surface area (Å²) < 4.78 is 20.6. The molecule has 0 heterocycles. The number of esters is 1. The lowest BCUT2D eigenvalue weighted by Gasteiger charge is -2.12. The van der Waals surface area contributed by atoms with Gasteiger partial charge in [-0.05, 0) is 33.6 Å². The zero-order valence-electron chi connectivity index (χ0n) is 11.9. The number of hydrogen-bond acceptors (Lipinski definition) is 6. The van der Waals surface area contributed by atoms with E-state index in [1.165, 1.54) is 7.11 Å². The third-order valence-electron chi connectivity index (χ3n) is 2.55. The van der Waals surface area contributed by atoms with Crippen molar-refractivity contribution in [2.75, 3.05) is 34.2 Å². The van der Waals surface area contributed by atoms with Gasteiger partial charge in [0, 0.05) is 7.11 Å². The van der Waals surface area contributed by atoms with E-state index in [-0.39, 0.29) is 19.2 Å². The third-order valence-corrected chi connectivity index (χ3v) is 3.14. The largest absolute Gasteiger partial charge is 0.469 e. The number of rotatable bonds is 9. The lowest BCUT2D eigenvalue weighted by atomic mass is 10.1. The van der Waals surface area contributed by atoms with E-state index in [2.05, 4.69) is 20.7 Å². The second kappa shape index (κ2) is 9.49. The number of carbonyl (C=O) groups is 2. The molecule has 0 N–H and O–H groups in total. The minimum atomic E-state index is -0.379. The Balaban J connectivity index is 2.75. The fraction of sp³-hybridized carbons (Fsp3) is 0.429. The Labute approximate surface area is 131 Å². The Morgan fingerprint density at radius 2 is 2.05 bits per heavy atom. The SMILES string of the molecule is COCCOCOc1c(Br)cc(CC(=O)OC)cc1C=O. The van der Waals surface area contributed by atoms with Gasteiger partial charge in [-0.15, -0.1) is 0 Å². The van der Waals surface area contributed by atoms with E-state index in [1.807, 2.05) is 0 Å². The van der Waals surface area contributed by atoms with Crippen molar-refractivity contribution in [3.05, 3.63) is 27.7 Å². The Bertz CT molecular complexity index is 489. The van der Waals surface area contributed by atoms with Gasteiger partial charge in [0.1, 0.15) is 5.75 Å². The summed E-state index contributed by atoms with van der Waals surface area (Å²) in [5.41, 5.74) is 0.988. The first-order chi connectivity index (χ1) is 10.1. The van der Waals surface area contributed by atoms with Crippen LogP contribution in [0.3, 0.4) is 0 Å². The molecule has 1 aromatic rings. The molecule has 0 saturated heterocycles. The maximum Gasteiger partial charge on any atom is 0.309 e. The topological polar surface area (TPSA) is 71.1 Å². The summed E-state index contributed by atoms with van der Waals surface area (Å²) in [6.07, 6.45) is 0.747. The van der Waals surface area contributed by atoms with Crippen molar-refractivity contribution < 1.29 is 28.5 Å². The first-order valence-electron chi connectivity index (χ1n) is 6.16. The number of aldehydes is 1. The van der Waals surface area contributed by atoms with Crippen LogP contribution in [0.15, 0.2) is 16.6 Å². The Morgan fingerprint density at radius 1 is 1.29 bits per heavy atom. The minimum absolute atomic E-state index is 0.000845. The van der Waals surface area contributed by atoms with Crippen LogP contribution in [0.5, 0.6) is 5.75 Å². The predicted molar refractivity (Wildman–Crippen MR) is 78.6 cm³/mol. The van der Waals surface area contributed by atoms with Gasteiger partial charge in [-0.1, -0.05) is 0 Å². The quantitative estimate of drug-likeness (QED) is 0.290. The normalized spacial score (nSPS) is 10.2. The van der Waals surface area contributed by atoms with Gasteiger partial charge in [0.05, 0.1) is 36.8 Å². The first-order valence-corrected chi connectivity index (χ1v) is 6.95. The standard InChI is InChI=1S/C14H17BrO6/c1-18-3-4-20-9-21-14-11(8-16)5-10(6-12(14)15)7-13(17)19-2/h5-6,8H,3-4,7,9H2,1-2H3. The van der Waals surface area contributed by atoms with Crippen molar-refractivity contribution in [3.63, 3.8) is 0 Å². The molecule has 0 aliphatic heterocycles. The highest BCUT2D eigenvalue weighted by atomic mass is 79.9. The molecule has 0 unspecified atom stereocenters. The van der Waals surface area contributed by atoms with Crippen LogP contribution in [-0.2, 0) is 25.4 Å². The average molecular weight is 361 g/mol. The Kier molecular flexibility index (Phi) is 7.96. The highest BCUT2D eigenvalue weighted by Gasteiger charge is 2.13. The molecule has 1 aromatic carbocycles. The summed E-state index contributed by atoms with van der Waals surface area (Å²) in [6, 6.07) is 3.29. The molecule has 0 aromatic heterocycles. The molecule has 0 bridgehead atoms. The molecule has 21 heavy (non-hydrogen) atoms. The smallest absolute Gasteiger partial charge is 0.309 e. The molecule has 0 aliphatic rings. The van der Waals surface area contributed by atoms with Crippen molar-refractivity contribution in [1.29, 1.82) is 0 Å². The molecular formula is C14H17BrO6. The number of methoxy groups -OCH3 is 2. The number of carbonyl (C=O) groups excluding carboxylic acids is 2. The van der Waals surface area contributed by atoms with Gasteiger partial charge in [0.25, 0.3) is 0 Å². The highest BCUT2D eigenvalue weighted by molar-refractivity contribution is 9.10. The number of ether oxygens (including phenoxy) is 4. The van der Waals surface area contributed by atoms with Crippen LogP contribution in [0.25, 0.3) is 0 Å². The fourth-order valence-corrected chi connectivity index (χ4v) is 2.19. The summed E-state index contributed by atoms with van der Waals surface area (Å²) in [7, 11) is 2.89. The highest BCUT2D eigenvalue weighted by Crippen LogP contribution is 2.30. The molecule has 0 aliphatic carbocycles. The van der Waals surface area contributed by atoms with Gasteiger partial charge in [0.15, 0.2) is 13.1 Å². The molecule has 7 heteroatoms. The fourth-order valence-electron chi connectivity index (χ4n) is 1.56. The monoisotopic (exact) mass is 360 g/mol. The number of halogens is 1. The van der Waals surface area contributed by atoms with Crippen molar-refractivity contribution in [2.45, 2.75) is 6.42 Å². The lowest BCUT2D eigenvalue weighted by molar-refractivity contribution is -0.139. The third kappa shape index (κ3) is 5.82. The van der Waals surface area contributed by atoms with E-state index < -0.39 is 0 Å². The van der Waals surface area contributed by atoms with Crippen molar-refractivity contribution in [1.82, 2.24) is 0 Å². The van der Waals surface area contributed by atoms with E-state index in [1.54, 1.807) is 19.2 Å². The van der Waals surface area contributed by atoms with E-state index in [4.69, 9.17) is 14.2 Å². The van der Waals surface area contributed by atoms with Crippen LogP contribution in [0.4, 0.5) is 0 Å². The van der Waals surface area contributed by atoms with Crippen molar-refractivity contribution in [3.8, 4) is 5.75 Å². The van der Waals surface area contributed by atoms with Gasteiger partial charge >= 0.3 is 5.97 Å². The van der Waals surface area contributed by atoms with E-state index in [0.29, 0.717) is 40.8 Å². The average Bonchev–Trinajstić information content (AvgIpc) is 2.48. The molecule has 6 nitrogen and oxygen atoms in total. The van der Waals surface area contributed by atoms with Crippen LogP contribution in [0.1, 0.15) is 15.9 Å². The molecule has 0 fully saturated rings. The van der Waals surface area contributed by atoms with Crippen molar-refractivity contribution >= 4 is 28.2 Å². The summed E-state index contributed by atoms with van der Waals surface area (Å²) in [6.45, 7) is 0.854. The zero-order valence-corrected chi connectivity index (χ0v) is 13.5. The van der Waals surface area contributed by atoms with E-state index in [0.717, 1.165) is 0 Å². The molecule has 116 valence electrons. The van der Waals surface area contributed by atoms with Gasteiger partial charge in [-0.3, -0.25) is 9.59 Å². The molecule has 0 spiro atoms. The van der Waals surface area contributed by atoms with Crippen LogP contribution in [0.2, 0.25) is 0 Å². The molecule has 0 atom stereocenters. The van der Waals surface area contributed by atoms with Crippen LogP contribution < -0.4 is 4.74 Å². The van der Waals surface area contributed by atoms with E-state index >= 15 is 0 Å². The second-order valence-corrected chi connectivity index (χ2v) is 4.88. The van der Waals surface area contributed by atoms with Gasteiger partial charge in [0.2, 0.25) is 0 Å². The van der Waals surface area contributed by atoms with Crippen LogP contribution in [0, 0.1) is 0 Å². The van der Waals surface area contributed by atoms with Gasteiger partial charge < -0.3 is 18.9 Å². The van der Waals surface area contributed by atoms with Gasteiger partial charge in [-0.25, -0.2) is 0 Å². The molecule has 0 radical (unpaired) electrons. The lowest BCUT2D eigenvalue weighted by Crippen LogP contribution is -2.10. The van der Waals surface area contributed by atoms with Crippen LogP contribution in [-0.4, -0.2) is 46.5 Å². The summed E-state index contributed by atoms with van der Waals surface area (Å²) in [5, 5.41) is 0. The summed E-state index contributed by atoms with van der Waals surface area (Å²) in [5.74, 6) is -0.00801. The number of hydrogen-bond donors (Lipinski definition) is 0. The first kappa shape index (κ1) is 17.6. The maximum absolute atomic E-state index is 11.3. The Morgan fingerprint density at radius 3 is 2.67 bits per heavy atom. The maximum atomic E-state index is 11.3. The van der Waals surface area contributed by atoms with Gasteiger partial charge in [-0.2, -0.15) is 0 Å². The molecule has 0 saturated carbocycles.